The van der Waals surface area contributed by atoms with Gasteiger partial charge in [-0.25, -0.2) is 0 Å². The Balaban J connectivity index is 3.96. The molecule has 0 spiro atoms. The van der Waals surface area contributed by atoms with Crippen molar-refractivity contribution in [2.75, 3.05) is 7.11 Å². The van der Waals surface area contributed by atoms with Crippen LogP contribution in [0.3, 0.4) is 0 Å². The highest BCUT2D eigenvalue weighted by molar-refractivity contribution is 5.92. The maximum absolute atomic E-state index is 7.32. The van der Waals surface area contributed by atoms with Crippen LogP contribution >= 0.6 is 0 Å². The van der Waals surface area contributed by atoms with Crippen LogP contribution in [0.15, 0.2) is 11.8 Å². The van der Waals surface area contributed by atoms with Crippen molar-refractivity contribution in [1.82, 2.24) is 0 Å². The minimum atomic E-state index is 0.624. The molecule has 0 aliphatic rings. The van der Waals surface area contributed by atoms with E-state index in [1.165, 1.54) is 0 Å². The molecule has 0 aliphatic carbocycles. The van der Waals surface area contributed by atoms with E-state index in [2.05, 4.69) is 0 Å². The molecule has 2 nitrogen and oxygen atoms in total. The molecule has 0 aromatic heterocycles. The Labute approximate surface area is 62.4 Å². The predicted octanol–water partition coefficient (Wildman–Crippen LogP) is 2.36. The Kier molecular flexibility index (Phi) is 4.63. The number of rotatable bonds is 4. The minimum Gasteiger partial charge on any atom is -0.501 e. The third-order valence-electron chi connectivity index (χ3n) is 1.33. The summed E-state index contributed by atoms with van der Waals surface area (Å²) in [5, 5.41) is 7.32. The highest BCUT2D eigenvalue weighted by Gasteiger charge is 1.92. The molecule has 0 aromatic carbocycles. The summed E-state index contributed by atoms with van der Waals surface area (Å²) in [6.07, 6.45) is 3.41. The molecular formula is C8H15NO. The van der Waals surface area contributed by atoms with Crippen molar-refractivity contribution in [1.29, 1.82) is 5.41 Å². The largest absolute Gasteiger partial charge is 0.501 e. The van der Waals surface area contributed by atoms with Crippen LogP contribution in [-0.2, 0) is 4.74 Å². The predicted molar refractivity (Wildman–Crippen MR) is 43.4 cm³/mol. The van der Waals surface area contributed by atoms with Gasteiger partial charge in [-0.3, -0.25) is 0 Å². The fraction of sp³-hybridized carbons (Fsp3) is 0.625. The summed E-state index contributed by atoms with van der Waals surface area (Å²) in [6.45, 7) is 3.97. The van der Waals surface area contributed by atoms with Gasteiger partial charge in [-0.05, 0) is 12.5 Å². The van der Waals surface area contributed by atoms with E-state index in [9.17, 15) is 0 Å². The fourth-order valence-corrected chi connectivity index (χ4v) is 0.602. The van der Waals surface area contributed by atoms with E-state index in [-0.39, 0.29) is 0 Å². The number of hydrogen-bond donors (Lipinski definition) is 1. The van der Waals surface area contributed by atoms with Crippen molar-refractivity contribution >= 4 is 5.71 Å². The first kappa shape index (κ1) is 9.21. The van der Waals surface area contributed by atoms with Crippen LogP contribution < -0.4 is 0 Å². The first-order valence-corrected chi connectivity index (χ1v) is 3.56. The lowest BCUT2D eigenvalue weighted by atomic mass is 10.2. The van der Waals surface area contributed by atoms with Crippen molar-refractivity contribution < 1.29 is 4.74 Å². The standard InChI is InChI=1S/C8H15NO/c1-4-7(9)6-8(5-2)10-3/h6,9H,4-5H2,1-3H3/b8-6+,9-7?. The second kappa shape index (κ2) is 5.03. The average molecular weight is 141 g/mol. The summed E-state index contributed by atoms with van der Waals surface area (Å²) >= 11 is 0. The Morgan fingerprint density at radius 1 is 1.40 bits per heavy atom. The van der Waals surface area contributed by atoms with Gasteiger partial charge >= 0.3 is 0 Å². The van der Waals surface area contributed by atoms with Crippen LogP contribution in [0.4, 0.5) is 0 Å². The van der Waals surface area contributed by atoms with Crippen LogP contribution in [0.5, 0.6) is 0 Å². The molecule has 0 aliphatic heterocycles. The number of hydrogen-bond acceptors (Lipinski definition) is 2. The normalized spacial score (nSPS) is 11.3. The summed E-state index contributed by atoms with van der Waals surface area (Å²) in [7, 11) is 1.64. The molecule has 10 heavy (non-hydrogen) atoms. The number of ether oxygens (including phenoxy) is 1. The second-order valence-electron chi connectivity index (χ2n) is 2.05. The van der Waals surface area contributed by atoms with Gasteiger partial charge < -0.3 is 10.1 Å². The maximum atomic E-state index is 7.32. The molecule has 0 heterocycles. The first-order chi connectivity index (χ1) is 4.74. The SMILES string of the molecule is CCC(=N)/C=C(\CC)OC. The lowest BCUT2D eigenvalue weighted by molar-refractivity contribution is 0.281. The van der Waals surface area contributed by atoms with Crippen LogP contribution in [-0.4, -0.2) is 12.8 Å². The quantitative estimate of drug-likeness (QED) is 0.473. The molecule has 58 valence electrons. The zero-order valence-corrected chi connectivity index (χ0v) is 6.90. The van der Waals surface area contributed by atoms with Gasteiger partial charge in [0.1, 0.15) is 0 Å². The van der Waals surface area contributed by atoms with Crippen LogP contribution in [0.25, 0.3) is 0 Å². The van der Waals surface area contributed by atoms with E-state index in [1.807, 2.05) is 13.8 Å². The number of nitrogens with one attached hydrogen (secondary N) is 1. The molecule has 0 rings (SSSR count). The topological polar surface area (TPSA) is 33.1 Å². The van der Waals surface area contributed by atoms with E-state index in [4.69, 9.17) is 10.1 Å². The lowest BCUT2D eigenvalue weighted by Gasteiger charge is -2.01. The van der Waals surface area contributed by atoms with Gasteiger partial charge in [-0.2, -0.15) is 0 Å². The molecule has 0 unspecified atom stereocenters. The zero-order valence-electron chi connectivity index (χ0n) is 6.90. The first-order valence-electron chi connectivity index (χ1n) is 3.56. The summed E-state index contributed by atoms with van der Waals surface area (Å²) in [5.74, 6) is 0.881. The van der Waals surface area contributed by atoms with Gasteiger partial charge in [0.2, 0.25) is 0 Å². The highest BCUT2D eigenvalue weighted by Crippen LogP contribution is 2.01. The molecule has 0 saturated carbocycles. The van der Waals surface area contributed by atoms with Crippen LogP contribution in [0, 0.1) is 5.41 Å². The number of methoxy groups -OCH3 is 1. The van der Waals surface area contributed by atoms with Crippen molar-refractivity contribution in [3.8, 4) is 0 Å². The minimum absolute atomic E-state index is 0.624. The van der Waals surface area contributed by atoms with E-state index in [1.54, 1.807) is 13.2 Å². The molecule has 2 heteroatoms. The smallest absolute Gasteiger partial charge is 0.0970 e. The fourth-order valence-electron chi connectivity index (χ4n) is 0.602. The molecule has 0 aromatic rings. The summed E-state index contributed by atoms with van der Waals surface area (Å²) < 4.78 is 4.99. The Morgan fingerprint density at radius 2 is 2.00 bits per heavy atom. The van der Waals surface area contributed by atoms with E-state index < -0.39 is 0 Å². The Bertz CT molecular complexity index is 132. The zero-order chi connectivity index (χ0) is 7.98. The van der Waals surface area contributed by atoms with Gasteiger partial charge in [0.05, 0.1) is 12.9 Å². The van der Waals surface area contributed by atoms with Gasteiger partial charge in [0.25, 0.3) is 0 Å². The molecule has 0 fully saturated rings. The molecule has 1 N–H and O–H groups in total. The Morgan fingerprint density at radius 3 is 2.30 bits per heavy atom. The Hall–Kier alpha value is -0.790. The summed E-state index contributed by atoms with van der Waals surface area (Å²) in [4.78, 5) is 0. The van der Waals surface area contributed by atoms with Gasteiger partial charge in [-0.15, -0.1) is 0 Å². The van der Waals surface area contributed by atoms with Crippen molar-refractivity contribution in [2.45, 2.75) is 26.7 Å². The molecule has 0 saturated heterocycles. The average Bonchev–Trinajstić information content (AvgIpc) is 1.99. The molecule has 0 radical (unpaired) electrons. The lowest BCUT2D eigenvalue weighted by Crippen LogP contribution is -1.92. The van der Waals surface area contributed by atoms with Gasteiger partial charge in [0.15, 0.2) is 0 Å². The monoisotopic (exact) mass is 141 g/mol. The molecule has 0 atom stereocenters. The number of allylic oxidation sites excluding steroid dienone is 2. The molecule has 0 bridgehead atoms. The van der Waals surface area contributed by atoms with E-state index >= 15 is 0 Å². The maximum Gasteiger partial charge on any atom is 0.0970 e. The summed E-state index contributed by atoms with van der Waals surface area (Å²) in [6, 6.07) is 0. The third-order valence-corrected chi connectivity index (χ3v) is 1.33. The van der Waals surface area contributed by atoms with E-state index in [0.717, 1.165) is 18.6 Å². The highest BCUT2D eigenvalue weighted by atomic mass is 16.5. The van der Waals surface area contributed by atoms with Crippen molar-refractivity contribution in [3.05, 3.63) is 11.8 Å². The second-order valence-corrected chi connectivity index (χ2v) is 2.05. The van der Waals surface area contributed by atoms with Gasteiger partial charge in [0, 0.05) is 12.1 Å². The van der Waals surface area contributed by atoms with Crippen molar-refractivity contribution in [2.24, 2.45) is 0 Å². The van der Waals surface area contributed by atoms with Crippen molar-refractivity contribution in [3.63, 3.8) is 0 Å². The third kappa shape index (κ3) is 3.28. The molecular weight excluding hydrogens is 126 g/mol. The van der Waals surface area contributed by atoms with Crippen LogP contribution in [0.2, 0.25) is 0 Å². The van der Waals surface area contributed by atoms with Gasteiger partial charge in [-0.1, -0.05) is 13.8 Å². The van der Waals surface area contributed by atoms with E-state index in [0.29, 0.717) is 5.71 Å². The van der Waals surface area contributed by atoms with Crippen LogP contribution in [0.1, 0.15) is 26.7 Å². The molecule has 0 amide bonds. The summed E-state index contributed by atoms with van der Waals surface area (Å²) in [5.41, 5.74) is 0.624.